The van der Waals surface area contributed by atoms with Gasteiger partial charge in [-0.3, -0.25) is 0 Å². The quantitative estimate of drug-likeness (QED) is 0.161. The summed E-state index contributed by atoms with van der Waals surface area (Å²) < 4.78 is 6.32. The summed E-state index contributed by atoms with van der Waals surface area (Å²) >= 11 is 0. The van der Waals surface area contributed by atoms with Crippen LogP contribution in [0.5, 0.6) is 0 Å². The van der Waals surface area contributed by atoms with Gasteiger partial charge in [0.1, 0.15) is 11.3 Å². The van der Waals surface area contributed by atoms with Crippen LogP contribution in [0.1, 0.15) is 0 Å². The van der Waals surface area contributed by atoms with Gasteiger partial charge in [0, 0.05) is 27.9 Å². The van der Waals surface area contributed by atoms with Crippen LogP contribution in [-0.4, -0.2) is 0 Å². The molecule has 0 amide bonds. The molecule has 1 aromatic heterocycles. The van der Waals surface area contributed by atoms with E-state index in [4.69, 9.17) is 4.42 Å². The van der Waals surface area contributed by atoms with Gasteiger partial charge in [-0.05, 0) is 99.6 Å². The lowest BCUT2D eigenvalue weighted by Gasteiger charge is -2.28. The highest BCUT2D eigenvalue weighted by molar-refractivity contribution is 5.90. The molecule has 0 saturated carbocycles. The molecule has 0 spiro atoms. The molecule has 0 aliphatic carbocycles. The molecule has 0 saturated heterocycles. The molecule has 9 aromatic rings. The first-order valence-corrected chi connectivity index (χ1v) is 17.7. The fourth-order valence-corrected chi connectivity index (χ4v) is 7.07. The third-order valence-corrected chi connectivity index (χ3v) is 9.65. The summed E-state index contributed by atoms with van der Waals surface area (Å²) in [5.41, 5.74) is 14.6. The Morgan fingerprint density at radius 1 is 0.308 bits per heavy atom. The van der Waals surface area contributed by atoms with Crippen molar-refractivity contribution in [2.24, 2.45) is 0 Å². The van der Waals surface area contributed by atoms with Gasteiger partial charge in [0.05, 0.1) is 5.69 Å². The SMILES string of the molecule is c1ccc(-c2cc(-c3ccccc3)cc(-c3ccc(N(c4cccc(-c5cc6ccccc6o5)c4)c4ccccc4-c4ccccc4)cc3)c2)cc1. The Bertz CT molecular complexity index is 2510. The summed E-state index contributed by atoms with van der Waals surface area (Å²) in [5, 5.41) is 1.09. The third kappa shape index (κ3) is 6.19. The summed E-state index contributed by atoms with van der Waals surface area (Å²) in [5.74, 6) is 0.849. The molecule has 8 aromatic carbocycles. The molecule has 1 heterocycles. The molecule has 0 bridgehead atoms. The van der Waals surface area contributed by atoms with Crippen LogP contribution in [0.25, 0.3) is 66.8 Å². The van der Waals surface area contributed by atoms with Crippen molar-refractivity contribution in [3.05, 3.63) is 212 Å². The van der Waals surface area contributed by atoms with Crippen molar-refractivity contribution in [2.45, 2.75) is 0 Å². The first-order chi connectivity index (χ1) is 25.8. The fraction of sp³-hybridized carbons (Fsp3) is 0. The number of hydrogen-bond donors (Lipinski definition) is 0. The van der Waals surface area contributed by atoms with Crippen molar-refractivity contribution < 1.29 is 4.42 Å². The number of para-hydroxylation sites is 2. The summed E-state index contributed by atoms with van der Waals surface area (Å²) in [6.07, 6.45) is 0. The fourth-order valence-electron chi connectivity index (χ4n) is 7.07. The zero-order valence-electron chi connectivity index (χ0n) is 28.6. The minimum Gasteiger partial charge on any atom is -0.456 e. The average molecular weight is 666 g/mol. The summed E-state index contributed by atoms with van der Waals surface area (Å²) in [6, 6.07) is 75.3. The van der Waals surface area contributed by atoms with Crippen LogP contribution >= 0.6 is 0 Å². The lowest BCUT2D eigenvalue weighted by Crippen LogP contribution is -2.11. The number of anilines is 3. The molecule has 2 heteroatoms. The van der Waals surface area contributed by atoms with Crippen molar-refractivity contribution >= 4 is 28.0 Å². The smallest absolute Gasteiger partial charge is 0.135 e. The second kappa shape index (κ2) is 13.8. The van der Waals surface area contributed by atoms with Gasteiger partial charge in [0.15, 0.2) is 0 Å². The number of nitrogens with zero attached hydrogens (tertiary/aromatic N) is 1. The Morgan fingerprint density at radius 3 is 1.46 bits per heavy atom. The van der Waals surface area contributed by atoms with Gasteiger partial charge >= 0.3 is 0 Å². The molecule has 246 valence electrons. The minimum absolute atomic E-state index is 0.849. The minimum atomic E-state index is 0.849. The van der Waals surface area contributed by atoms with Crippen LogP contribution < -0.4 is 4.90 Å². The van der Waals surface area contributed by atoms with E-state index in [1.807, 2.05) is 18.2 Å². The van der Waals surface area contributed by atoms with Crippen LogP contribution in [0, 0.1) is 0 Å². The molecule has 0 aliphatic rings. The van der Waals surface area contributed by atoms with Gasteiger partial charge < -0.3 is 9.32 Å². The maximum absolute atomic E-state index is 6.32. The van der Waals surface area contributed by atoms with Crippen molar-refractivity contribution in [2.75, 3.05) is 4.90 Å². The Morgan fingerprint density at radius 2 is 0.827 bits per heavy atom. The van der Waals surface area contributed by atoms with Crippen molar-refractivity contribution in [3.8, 4) is 55.8 Å². The molecule has 0 unspecified atom stereocenters. The van der Waals surface area contributed by atoms with Gasteiger partial charge in [-0.2, -0.15) is 0 Å². The monoisotopic (exact) mass is 665 g/mol. The summed E-state index contributed by atoms with van der Waals surface area (Å²) in [4.78, 5) is 2.36. The predicted molar refractivity (Wildman–Crippen MR) is 218 cm³/mol. The van der Waals surface area contributed by atoms with Gasteiger partial charge in [-0.25, -0.2) is 0 Å². The van der Waals surface area contributed by atoms with E-state index in [1.54, 1.807) is 0 Å². The molecule has 0 radical (unpaired) electrons. The van der Waals surface area contributed by atoms with E-state index in [1.165, 1.54) is 33.4 Å². The molecule has 0 aliphatic heterocycles. The number of benzene rings is 8. The second-order valence-corrected chi connectivity index (χ2v) is 13.0. The average Bonchev–Trinajstić information content (AvgIpc) is 3.67. The Labute approximate surface area is 304 Å². The molecule has 0 fully saturated rings. The molecule has 9 rings (SSSR count). The van der Waals surface area contributed by atoms with Gasteiger partial charge in [0.2, 0.25) is 0 Å². The van der Waals surface area contributed by atoms with E-state index in [0.717, 1.165) is 50.5 Å². The first kappa shape index (κ1) is 31.1. The summed E-state index contributed by atoms with van der Waals surface area (Å²) in [6.45, 7) is 0. The topological polar surface area (TPSA) is 16.4 Å². The largest absolute Gasteiger partial charge is 0.456 e. The summed E-state index contributed by atoms with van der Waals surface area (Å²) in [7, 11) is 0. The van der Waals surface area contributed by atoms with Crippen molar-refractivity contribution in [1.29, 1.82) is 0 Å². The highest BCUT2D eigenvalue weighted by Gasteiger charge is 2.19. The zero-order chi connectivity index (χ0) is 34.7. The van der Waals surface area contributed by atoms with Gasteiger partial charge in [0.25, 0.3) is 0 Å². The van der Waals surface area contributed by atoms with E-state index in [9.17, 15) is 0 Å². The molecule has 0 N–H and O–H groups in total. The first-order valence-electron chi connectivity index (χ1n) is 17.7. The third-order valence-electron chi connectivity index (χ3n) is 9.65. The van der Waals surface area contributed by atoms with Gasteiger partial charge in [-0.15, -0.1) is 0 Å². The lowest BCUT2D eigenvalue weighted by atomic mass is 9.93. The zero-order valence-corrected chi connectivity index (χ0v) is 28.6. The molecular formula is C50H35NO. The number of furan rings is 1. The Hall–Kier alpha value is -6.90. The molecule has 52 heavy (non-hydrogen) atoms. The Kier molecular flexibility index (Phi) is 8.24. The van der Waals surface area contributed by atoms with Crippen LogP contribution in [0.3, 0.4) is 0 Å². The van der Waals surface area contributed by atoms with Crippen LogP contribution in [-0.2, 0) is 0 Å². The predicted octanol–water partition coefficient (Wildman–Crippen LogP) is 14.2. The highest BCUT2D eigenvalue weighted by Crippen LogP contribution is 2.43. The van der Waals surface area contributed by atoms with Crippen LogP contribution in [0.4, 0.5) is 17.1 Å². The normalized spacial score (nSPS) is 11.1. The number of rotatable bonds is 8. The van der Waals surface area contributed by atoms with E-state index in [0.29, 0.717) is 0 Å². The van der Waals surface area contributed by atoms with Crippen molar-refractivity contribution in [3.63, 3.8) is 0 Å². The van der Waals surface area contributed by atoms with Gasteiger partial charge in [-0.1, -0.05) is 152 Å². The maximum atomic E-state index is 6.32. The van der Waals surface area contributed by atoms with Crippen molar-refractivity contribution in [1.82, 2.24) is 0 Å². The Balaban J connectivity index is 1.17. The molecule has 0 atom stereocenters. The van der Waals surface area contributed by atoms with E-state index >= 15 is 0 Å². The highest BCUT2D eigenvalue weighted by atomic mass is 16.3. The van der Waals surface area contributed by atoms with E-state index in [2.05, 4.69) is 199 Å². The molecular weight excluding hydrogens is 631 g/mol. The number of fused-ring (bicyclic) bond motifs is 1. The molecule has 2 nitrogen and oxygen atoms in total. The second-order valence-electron chi connectivity index (χ2n) is 13.0. The standard InChI is InChI=1S/C50H35NO/c1-4-15-36(16-5-1)42-31-43(37-17-6-2-7-18-37)33-44(32-42)38-27-29-45(30-28-38)51(48-25-12-11-24-47(48)39-19-8-3-9-20-39)46-23-14-22-40(34-46)50-35-41-21-10-13-26-49(41)52-50/h1-35H. The van der Waals surface area contributed by atoms with Crippen LogP contribution in [0.2, 0.25) is 0 Å². The maximum Gasteiger partial charge on any atom is 0.135 e. The lowest BCUT2D eigenvalue weighted by molar-refractivity contribution is 0.631. The number of hydrogen-bond acceptors (Lipinski definition) is 2. The van der Waals surface area contributed by atoms with E-state index in [-0.39, 0.29) is 0 Å². The van der Waals surface area contributed by atoms with E-state index < -0.39 is 0 Å². The van der Waals surface area contributed by atoms with Crippen LogP contribution in [0.15, 0.2) is 217 Å².